The van der Waals surface area contributed by atoms with E-state index in [0.717, 1.165) is 15.7 Å². The molecule has 2 rings (SSSR count). The van der Waals surface area contributed by atoms with Crippen LogP contribution in [0.1, 0.15) is 12.0 Å². The van der Waals surface area contributed by atoms with Crippen LogP contribution in [-0.4, -0.2) is 19.1 Å². The van der Waals surface area contributed by atoms with E-state index in [1.54, 1.807) is 0 Å². The summed E-state index contributed by atoms with van der Waals surface area (Å²) in [5, 5.41) is 2.92. The number of nitrogens with one attached hydrogen (secondary N) is 1. The summed E-state index contributed by atoms with van der Waals surface area (Å²) in [7, 11) is 0. The number of ether oxygens (including phenoxy) is 1. The zero-order valence-electron chi connectivity index (χ0n) is 9.13. The van der Waals surface area contributed by atoms with Crippen molar-refractivity contribution in [3.8, 4) is 0 Å². The second kappa shape index (κ2) is 4.97. The fraction of sp³-hybridized carbons (Fsp3) is 0.417. The fourth-order valence-electron chi connectivity index (χ4n) is 1.63. The topological polar surface area (TPSA) is 38.3 Å². The van der Waals surface area contributed by atoms with E-state index in [9.17, 15) is 4.79 Å². The molecular weight excluding hydrogens is 270 g/mol. The summed E-state index contributed by atoms with van der Waals surface area (Å²) in [6.07, 6.45) is 0.551. The van der Waals surface area contributed by atoms with Crippen molar-refractivity contribution in [3.63, 3.8) is 0 Å². The van der Waals surface area contributed by atoms with E-state index in [-0.39, 0.29) is 5.91 Å². The van der Waals surface area contributed by atoms with Crippen LogP contribution in [-0.2, 0) is 9.53 Å². The number of hydrogen-bond donors (Lipinski definition) is 1. The molecule has 1 N–H and O–H groups in total. The third-order valence-electron chi connectivity index (χ3n) is 2.64. The van der Waals surface area contributed by atoms with Gasteiger partial charge in [-0.3, -0.25) is 4.79 Å². The lowest BCUT2D eigenvalue weighted by Crippen LogP contribution is -2.31. The maximum absolute atomic E-state index is 11.7. The summed E-state index contributed by atoms with van der Waals surface area (Å²) in [6, 6.07) is 5.83. The van der Waals surface area contributed by atoms with E-state index < -0.39 is 0 Å². The number of carbonyl (C=O) groups is 1. The summed E-state index contributed by atoms with van der Waals surface area (Å²) in [5.74, 6) is 0.467. The van der Waals surface area contributed by atoms with Crippen LogP contribution < -0.4 is 5.32 Å². The maximum atomic E-state index is 11.7. The van der Waals surface area contributed by atoms with Gasteiger partial charge in [0.2, 0.25) is 5.91 Å². The molecule has 86 valence electrons. The first-order valence-electron chi connectivity index (χ1n) is 5.29. The summed E-state index contributed by atoms with van der Waals surface area (Å²) >= 11 is 3.39. The summed E-state index contributed by atoms with van der Waals surface area (Å²) in [4.78, 5) is 11.7. The van der Waals surface area contributed by atoms with Crippen LogP contribution >= 0.6 is 15.9 Å². The summed E-state index contributed by atoms with van der Waals surface area (Å²) in [5.41, 5.74) is 1.95. The average Bonchev–Trinajstić information content (AvgIpc) is 2.16. The first-order chi connectivity index (χ1) is 7.65. The van der Waals surface area contributed by atoms with Gasteiger partial charge in [0.15, 0.2) is 0 Å². The van der Waals surface area contributed by atoms with Crippen LogP contribution in [0.25, 0.3) is 0 Å². The Kier molecular flexibility index (Phi) is 3.61. The number of anilines is 1. The third-order valence-corrected chi connectivity index (χ3v) is 3.14. The van der Waals surface area contributed by atoms with Crippen molar-refractivity contribution in [1.29, 1.82) is 0 Å². The second-order valence-corrected chi connectivity index (χ2v) is 5.03. The van der Waals surface area contributed by atoms with Crippen LogP contribution in [0.2, 0.25) is 0 Å². The predicted molar refractivity (Wildman–Crippen MR) is 66.4 cm³/mol. The van der Waals surface area contributed by atoms with Gasteiger partial charge in [-0.25, -0.2) is 0 Å². The molecule has 1 aromatic carbocycles. The number of carbonyl (C=O) groups excluding carboxylic acids is 1. The van der Waals surface area contributed by atoms with Crippen LogP contribution in [0.5, 0.6) is 0 Å². The molecule has 1 amide bonds. The van der Waals surface area contributed by atoms with Crippen LogP contribution in [0.15, 0.2) is 22.7 Å². The molecular formula is C12H14BrNO2. The number of hydrogen-bond acceptors (Lipinski definition) is 2. The lowest BCUT2D eigenvalue weighted by atomic mass is 10.0. The van der Waals surface area contributed by atoms with Gasteiger partial charge >= 0.3 is 0 Å². The second-order valence-electron chi connectivity index (χ2n) is 4.12. The quantitative estimate of drug-likeness (QED) is 0.926. The molecule has 0 spiro atoms. The normalized spacial score (nSPS) is 15.6. The molecule has 4 heteroatoms. The molecule has 16 heavy (non-hydrogen) atoms. The smallest absolute Gasteiger partial charge is 0.224 e. The lowest BCUT2D eigenvalue weighted by molar-refractivity contribution is -0.121. The van der Waals surface area contributed by atoms with Gasteiger partial charge in [0.25, 0.3) is 0 Å². The zero-order chi connectivity index (χ0) is 11.5. The minimum Gasteiger partial charge on any atom is -0.381 e. The zero-order valence-corrected chi connectivity index (χ0v) is 10.7. The maximum Gasteiger partial charge on any atom is 0.224 e. The van der Waals surface area contributed by atoms with Gasteiger partial charge in [-0.2, -0.15) is 0 Å². The Bertz CT molecular complexity index is 402. The molecule has 3 nitrogen and oxygen atoms in total. The highest BCUT2D eigenvalue weighted by molar-refractivity contribution is 9.10. The largest absolute Gasteiger partial charge is 0.381 e. The van der Waals surface area contributed by atoms with E-state index in [0.29, 0.717) is 25.6 Å². The van der Waals surface area contributed by atoms with Gasteiger partial charge in [0.1, 0.15) is 0 Å². The Morgan fingerprint density at radius 3 is 2.88 bits per heavy atom. The van der Waals surface area contributed by atoms with Crippen LogP contribution in [0.4, 0.5) is 5.69 Å². The van der Waals surface area contributed by atoms with Gasteiger partial charge in [-0.1, -0.05) is 15.9 Å². The molecule has 0 bridgehead atoms. The summed E-state index contributed by atoms with van der Waals surface area (Å²) < 4.78 is 6.06. The standard InChI is InChI=1S/C12H14BrNO2/c1-8-4-10(13)2-3-11(8)14-12(15)5-9-6-16-7-9/h2-4,9H,5-7H2,1H3,(H,14,15). The Hall–Kier alpha value is -0.870. The van der Waals surface area contributed by atoms with Gasteiger partial charge in [0.05, 0.1) is 13.2 Å². The molecule has 1 aliphatic heterocycles. The molecule has 1 heterocycles. The molecule has 0 radical (unpaired) electrons. The van der Waals surface area contributed by atoms with E-state index in [1.807, 2.05) is 25.1 Å². The van der Waals surface area contributed by atoms with E-state index >= 15 is 0 Å². The highest BCUT2D eigenvalue weighted by atomic mass is 79.9. The Morgan fingerprint density at radius 1 is 1.56 bits per heavy atom. The molecule has 0 atom stereocenters. The Balaban J connectivity index is 1.94. The van der Waals surface area contributed by atoms with Crippen molar-refractivity contribution in [3.05, 3.63) is 28.2 Å². The van der Waals surface area contributed by atoms with E-state index in [2.05, 4.69) is 21.2 Å². The first-order valence-corrected chi connectivity index (χ1v) is 6.08. The number of amides is 1. The van der Waals surface area contributed by atoms with Crippen molar-refractivity contribution < 1.29 is 9.53 Å². The van der Waals surface area contributed by atoms with Crippen molar-refractivity contribution in [2.45, 2.75) is 13.3 Å². The number of benzene rings is 1. The molecule has 0 saturated carbocycles. The minimum atomic E-state index is 0.0683. The predicted octanol–water partition coefficient (Wildman–Crippen LogP) is 2.73. The highest BCUT2D eigenvalue weighted by Crippen LogP contribution is 2.21. The van der Waals surface area contributed by atoms with Gasteiger partial charge in [0, 0.05) is 22.5 Å². The fourth-order valence-corrected chi connectivity index (χ4v) is 2.11. The van der Waals surface area contributed by atoms with Crippen molar-refractivity contribution in [2.75, 3.05) is 18.5 Å². The van der Waals surface area contributed by atoms with E-state index in [4.69, 9.17) is 4.74 Å². The highest BCUT2D eigenvalue weighted by Gasteiger charge is 2.21. The molecule has 0 unspecified atom stereocenters. The lowest BCUT2D eigenvalue weighted by Gasteiger charge is -2.25. The SMILES string of the molecule is Cc1cc(Br)ccc1NC(=O)CC1COC1. The number of aryl methyl sites for hydroxylation is 1. The molecule has 0 aliphatic carbocycles. The Morgan fingerprint density at radius 2 is 2.31 bits per heavy atom. The molecule has 0 aromatic heterocycles. The monoisotopic (exact) mass is 283 g/mol. The average molecular weight is 284 g/mol. The van der Waals surface area contributed by atoms with Crippen molar-refractivity contribution in [2.24, 2.45) is 5.92 Å². The van der Waals surface area contributed by atoms with Gasteiger partial charge in [-0.15, -0.1) is 0 Å². The minimum absolute atomic E-state index is 0.0683. The third kappa shape index (κ3) is 2.83. The molecule has 1 aromatic rings. The van der Waals surface area contributed by atoms with Crippen molar-refractivity contribution >= 4 is 27.5 Å². The first kappa shape index (κ1) is 11.6. The molecule has 1 saturated heterocycles. The number of halogens is 1. The van der Waals surface area contributed by atoms with E-state index in [1.165, 1.54) is 0 Å². The van der Waals surface area contributed by atoms with Crippen molar-refractivity contribution in [1.82, 2.24) is 0 Å². The number of rotatable bonds is 3. The van der Waals surface area contributed by atoms with Crippen LogP contribution in [0.3, 0.4) is 0 Å². The molecule has 1 fully saturated rings. The molecule has 1 aliphatic rings. The van der Waals surface area contributed by atoms with Gasteiger partial charge in [-0.05, 0) is 30.7 Å². The Labute approximate surface area is 103 Å². The summed E-state index contributed by atoms with van der Waals surface area (Å²) in [6.45, 7) is 3.41. The van der Waals surface area contributed by atoms with Gasteiger partial charge < -0.3 is 10.1 Å². The van der Waals surface area contributed by atoms with Crippen LogP contribution in [0, 0.1) is 12.8 Å².